The van der Waals surface area contributed by atoms with Crippen LogP contribution < -0.4 is 11.4 Å². The van der Waals surface area contributed by atoms with E-state index in [2.05, 4.69) is 10.2 Å². The average Bonchev–Trinajstić information content (AvgIpc) is 2.45. The van der Waals surface area contributed by atoms with Crippen molar-refractivity contribution >= 4 is 17.7 Å². The number of carbonyl (C=O) groups excluding carboxylic acids is 1. The molecule has 1 saturated heterocycles. The van der Waals surface area contributed by atoms with Crippen LogP contribution in [-0.2, 0) is 4.79 Å². The summed E-state index contributed by atoms with van der Waals surface area (Å²) >= 11 is 1.14. The Morgan fingerprint density at radius 2 is 2.00 bits per heavy atom. The zero-order valence-corrected chi connectivity index (χ0v) is 11.7. The molecule has 0 bridgehead atoms. The summed E-state index contributed by atoms with van der Waals surface area (Å²) in [4.78, 5) is 25.4. The van der Waals surface area contributed by atoms with Gasteiger partial charge in [0.15, 0.2) is 0 Å². The van der Waals surface area contributed by atoms with E-state index in [0.29, 0.717) is 0 Å². The number of nitrogens with zero attached hydrogens (tertiary/aromatic N) is 4. The van der Waals surface area contributed by atoms with E-state index in [9.17, 15) is 9.59 Å². The van der Waals surface area contributed by atoms with Crippen LogP contribution in [0.15, 0.2) is 9.95 Å². The van der Waals surface area contributed by atoms with E-state index in [1.807, 2.05) is 4.90 Å². The van der Waals surface area contributed by atoms with Crippen LogP contribution in [0.3, 0.4) is 0 Å². The molecule has 2 heterocycles. The summed E-state index contributed by atoms with van der Waals surface area (Å²) in [6.45, 7) is 3.18. The molecule has 7 nitrogen and oxygen atoms in total. The number of piperidine rings is 1. The molecule has 104 valence electrons. The van der Waals surface area contributed by atoms with Crippen molar-refractivity contribution in [3.05, 3.63) is 16.0 Å². The van der Waals surface area contributed by atoms with Crippen molar-refractivity contribution < 1.29 is 4.79 Å². The van der Waals surface area contributed by atoms with E-state index < -0.39 is 0 Å². The zero-order chi connectivity index (χ0) is 13.8. The molecule has 0 aromatic carbocycles. The highest BCUT2D eigenvalue weighted by molar-refractivity contribution is 7.99. The summed E-state index contributed by atoms with van der Waals surface area (Å²) in [5.41, 5.74) is -0.142. The van der Waals surface area contributed by atoms with Gasteiger partial charge in [0.05, 0.1) is 5.75 Å². The molecule has 0 aliphatic carbocycles. The summed E-state index contributed by atoms with van der Waals surface area (Å²) in [6, 6.07) is 0. The molecule has 0 spiro atoms. The molecule has 1 aliphatic heterocycles. The van der Waals surface area contributed by atoms with Gasteiger partial charge in [-0.25, -0.2) is 0 Å². The van der Waals surface area contributed by atoms with Gasteiger partial charge >= 0.3 is 0 Å². The first-order valence-corrected chi connectivity index (χ1v) is 7.20. The summed E-state index contributed by atoms with van der Waals surface area (Å²) in [5, 5.41) is 7.82. The van der Waals surface area contributed by atoms with E-state index in [-0.39, 0.29) is 28.1 Å². The molecule has 2 rings (SSSR count). The number of hydrogen-bond acceptors (Lipinski definition) is 6. The van der Waals surface area contributed by atoms with Gasteiger partial charge in [-0.05, 0) is 26.2 Å². The second kappa shape index (κ2) is 6.05. The van der Waals surface area contributed by atoms with Gasteiger partial charge in [0.2, 0.25) is 11.1 Å². The summed E-state index contributed by atoms with van der Waals surface area (Å²) in [5.74, 6) is 5.89. The lowest BCUT2D eigenvalue weighted by Crippen LogP contribution is -2.37. The topological polar surface area (TPSA) is 94.1 Å². The van der Waals surface area contributed by atoms with Crippen molar-refractivity contribution in [2.75, 3.05) is 24.7 Å². The van der Waals surface area contributed by atoms with Crippen molar-refractivity contribution in [3.63, 3.8) is 0 Å². The third-order valence-electron chi connectivity index (χ3n) is 3.05. The fourth-order valence-electron chi connectivity index (χ4n) is 1.93. The highest BCUT2D eigenvalue weighted by atomic mass is 32.2. The van der Waals surface area contributed by atoms with E-state index in [0.717, 1.165) is 42.4 Å². The molecular formula is C11H17N5O2S. The number of nitrogen functional groups attached to an aromatic ring is 1. The van der Waals surface area contributed by atoms with Crippen LogP contribution in [0.25, 0.3) is 0 Å². The van der Waals surface area contributed by atoms with Gasteiger partial charge < -0.3 is 10.7 Å². The SMILES string of the molecule is Cc1nnc(SCC(=O)N2CCCCC2)n(N)c1=O. The Morgan fingerprint density at radius 3 is 2.68 bits per heavy atom. The quantitative estimate of drug-likeness (QED) is 0.608. The molecular weight excluding hydrogens is 266 g/mol. The van der Waals surface area contributed by atoms with Crippen LogP contribution in [-0.4, -0.2) is 44.5 Å². The predicted octanol–water partition coefficient (Wildman–Crippen LogP) is -0.235. The fraction of sp³-hybridized carbons (Fsp3) is 0.636. The molecule has 0 unspecified atom stereocenters. The first-order chi connectivity index (χ1) is 9.09. The smallest absolute Gasteiger partial charge is 0.294 e. The molecule has 2 N–H and O–H groups in total. The number of likely N-dealkylation sites (tertiary alicyclic amines) is 1. The number of aryl methyl sites for hydroxylation is 1. The first kappa shape index (κ1) is 13.9. The minimum atomic E-state index is -0.386. The molecule has 1 amide bonds. The molecule has 1 aromatic heterocycles. The van der Waals surface area contributed by atoms with Crippen molar-refractivity contribution in [2.45, 2.75) is 31.3 Å². The standard InChI is InChI=1S/C11H17N5O2S/c1-8-10(18)16(12)11(14-13-8)19-7-9(17)15-5-3-2-4-6-15/h2-7,12H2,1H3. The van der Waals surface area contributed by atoms with E-state index in [1.165, 1.54) is 6.42 Å². The normalized spacial score (nSPS) is 15.5. The molecule has 1 fully saturated rings. The molecule has 8 heteroatoms. The molecule has 1 aliphatic rings. The fourth-order valence-corrected chi connectivity index (χ4v) is 2.68. The molecule has 0 atom stereocenters. The van der Waals surface area contributed by atoms with Gasteiger partial charge in [-0.1, -0.05) is 11.8 Å². The summed E-state index contributed by atoms with van der Waals surface area (Å²) in [6.07, 6.45) is 3.30. The van der Waals surface area contributed by atoms with Gasteiger partial charge in [0.25, 0.3) is 5.56 Å². The van der Waals surface area contributed by atoms with Crippen LogP contribution in [0.1, 0.15) is 25.0 Å². The van der Waals surface area contributed by atoms with Gasteiger partial charge in [0, 0.05) is 13.1 Å². The number of carbonyl (C=O) groups is 1. The molecule has 0 saturated carbocycles. The average molecular weight is 283 g/mol. The minimum absolute atomic E-state index is 0.0551. The second-order valence-electron chi connectivity index (χ2n) is 4.47. The van der Waals surface area contributed by atoms with Crippen molar-refractivity contribution in [1.29, 1.82) is 0 Å². The number of thioether (sulfide) groups is 1. The Balaban J connectivity index is 1.97. The Labute approximate surface area is 115 Å². The number of nitrogens with two attached hydrogens (primary N) is 1. The first-order valence-electron chi connectivity index (χ1n) is 6.21. The maximum Gasteiger partial charge on any atom is 0.294 e. The number of rotatable bonds is 3. The van der Waals surface area contributed by atoms with Gasteiger partial charge in [0.1, 0.15) is 5.69 Å². The lowest BCUT2D eigenvalue weighted by Gasteiger charge is -2.26. The maximum absolute atomic E-state index is 12.0. The summed E-state index contributed by atoms with van der Waals surface area (Å²) < 4.78 is 0.941. The molecule has 1 aromatic rings. The Kier molecular flexibility index (Phi) is 4.41. The number of hydrogen-bond donors (Lipinski definition) is 1. The third kappa shape index (κ3) is 3.25. The third-order valence-corrected chi connectivity index (χ3v) is 3.98. The molecule has 0 radical (unpaired) electrons. The predicted molar refractivity (Wildman–Crippen MR) is 72.3 cm³/mol. The van der Waals surface area contributed by atoms with E-state index in [1.54, 1.807) is 6.92 Å². The van der Waals surface area contributed by atoms with Gasteiger partial charge in [-0.2, -0.15) is 4.68 Å². The van der Waals surface area contributed by atoms with Crippen molar-refractivity contribution in [3.8, 4) is 0 Å². The van der Waals surface area contributed by atoms with Crippen molar-refractivity contribution in [2.24, 2.45) is 0 Å². The van der Waals surface area contributed by atoms with Gasteiger partial charge in [-0.15, -0.1) is 10.2 Å². The Hall–Kier alpha value is -1.57. The van der Waals surface area contributed by atoms with Crippen molar-refractivity contribution in [1.82, 2.24) is 19.8 Å². The largest absolute Gasteiger partial charge is 0.342 e. The maximum atomic E-state index is 12.0. The second-order valence-corrected chi connectivity index (χ2v) is 5.42. The lowest BCUT2D eigenvalue weighted by molar-refractivity contribution is -0.129. The van der Waals surface area contributed by atoms with Crippen LogP contribution in [0, 0.1) is 6.92 Å². The zero-order valence-electron chi connectivity index (χ0n) is 10.8. The van der Waals surface area contributed by atoms with Crippen LogP contribution >= 0.6 is 11.8 Å². The molecule has 19 heavy (non-hydrogen) atoms. The Morgan fingerprint density at radius 1 is 1.32 bits per heavy atom. The Bertz CT molecular complexity index is 524. The monoisotopic (exact) mass is 283 g/mol. The number of aromatic nitrogens is 3. The number of amides is 1. The summed E-state index contributed by atoms with van der Waals surface area (Å²) in [7, 11) is 0. The van der Waals surface area contributed by atoms with E-state index >= 15 is 0 Å². The highest BCUT2D eigenvalue weighted by Gasteiger charge is 2.17. The van der Waals surface area contributed by atoms with Gasteiger partial charge in [-0.3, -0.25) is 9.59 Å². The van der Waals surface area contributed by atoms with Crippen LogP contribution in [0.5, 0.6) is 0 Å². The van der Waals surface area contributed by atoms with Crippen LogP contribution in [0.4, 0.5) is 0 Å². The van der Waals surface area contributed by atoms with Crippen LogP contribution in [0.2, 0.25) is 0 Å². The van der Waals surface area contributed by atoms with E-state index in [4.69, 9.17) is 5.84 Å². The highest BCUT2D eigenvalue weighted by Crippen LogP contribution is 2.15. The minimum Gasteiger partial charge on any atom is -0.342 e. The lowest BCUT2D eigenvalue weighted by atomic mass is 10.1.